The maximum absolute atomic E-state index is 5.19. The van der Waals surface area contributed by atoms with Crippen LogP contribution in [0.1, 0.15) is 25.7 Å². The number of hydrogen-bond donors (Lipinski definition) is 0. The molecule has 2 heterocycles. The third-order valence-corrected chi connectivity index (χ3v) is 3.89. The molecule has 18 heavy (non-hydrogen) atoms. The molecule has 1 aromatic rings. The van der Waals surface area contributed by atoms with Crippen molar-refractivity contribution in [2.24, 2.45) is 5.92 Å². The first kappa shape index (κ1) is 13.6. The van der Waals surface area contributed by atoms with Gasteiger partial charge in [-0.25, -0.2) is 0 Å². The van der Waals surface area contributed by atoms with Gasteiger partial charge in [-0.3, -0.25) is 0 Å². The number of aromatic nitrogens is 1. The minimum Gasteiger partial charge on any atom is -0.385 e. The number of piperidine rings is 1. The zero-order chi connectivity index (χ0) is 12.6. The molecule has 102 valence electrons. The molecule has 3 nitrogen and oxygen atoms in total. The van der Waals surface area contributed by atoms with Gasteiger partial charge in [0.15, 0.2) is 0 Å². The van der Waals surface area contributed by atoms with Gasteiger partial charge in [0.1, 0.15) is 0 Å². The van der Waals surface area contributed by atoms with Crippen LogP contribution in [0, 0.1) is 5.92 Å². The van der Waals surface area contributed by atoms with Crippen molar-refractivity contribution in [3.63, 3.8) is 0 Å². The van der Waals surface area contributed by atoms with E-state index in [-0.39, 0.29) is 0 Å². The Morgan fingerprint density at radius 1 is 1.22 bits per heavy atom. The predicted octanol–water partition coefficient (Wildman–Crippen LogP) is 2.63. The molecule has 0 bridgehead atoms. The molecule has 1 fully saturated rings. The van der Waals surface area contributed by atoms with E-state index in [9.17, 15) is 0 Å². The van der Waals surface area contributed by atoms with Crippen molar-refractivity contribution in [3.8, 4) is 0 Å². The van der Waals surface area contributed by atoms with Gasteiger partial charge in [0.2, 0.25) is 0 Å². The van der Waals surface area contributed by atoms with E-state index in [0.717, 1.165) is 19.1 Å². The molecule has 1 saturated heterocycles. The highest BCUT2D eigenvalue weighted by atomic mass is 16.5. The van der Waals surface area contributed by atoms with E-state index in [1.807, 2.05) is 0 Å². The largest absolute Gasteiger partial charge is 0.385 e. The lowest BCUT2D eigenvalue weighted by molar-refractivity contribution is 0.125. The highest BCUT2D eigenvalue weighted by Crippen LogP contribution is 2.19. The fraction of sp³-hybridized carbons (Fsp3) is 0.733. The van der Waals surface area contributed by atoms with E-state index in [1.54, 1.807) is 7.11 Å². The normalized spacial score (nSPS) is 21.3. The molecule has 3 heteroatoms. The first-order valence-corrected chi connectivity index (χ1v) is 7.20. The van der Waals surface area contributed by atoms with Crippen molar-refractivity contribution in [3.05, 3.63) is 24.5 Å². The monoisotopic (exact) mass is 250 g/mol. The van der Waals surface area contributed by atoms with Crippen molar-refractivity contribution in [1.29, 1.82) is 0 Å². The number of hydrogen-bond acceptors (Lipinski definition) is 2. The quantitative estimate of drug-likeness (QED) is 0.740. The molecule has 2 rings (SSSR count). The second-order valence-corrected chi connectivity index (χ2v) is 5.36. The number of ether oxygens (including phenoxy) is 1. The molecule has 1 aromatic heterocycles. The van der Waals surface area contributed by atoms with Gasteiger partial charge in [0.05, 0.1) is 0 Å². The van der Waals surface area contributed by atoms with Gasteiger partial charge in [0.25, 0.3) is 0 Å². The lowest BCUT2D eigenvalue weighted by Gasteiger charge is -2.32. The molecule has 1 atom stereocenters. The van der Waals surface area contributed by atoms with Crippen LogP contribution in [0.25, 0.3) is 0 Å². The van der Waals surface area contributed by atoms with Crippen LogP contribution in [0.15, 0.2) is 24.5 Å². The number of aryl methyl sites for hydroxylation is 1. The number of likely N-dealkylation sites (tertiary alicyclic amines) is 1. The molecular weight excluding hydrogens is 224 g/mol. The van der Waals surface area contributed by atoms with Crippen LogP contribution in [0.2, 0.25) is 0 Å². The molecule has 0 aliphatic carbocycles. The van der Waals surface area contributed by atoms with Crippen molar-refractivity contribution >= 4 is 0 Å². The first-order chi connectivity index (χ1) is 8.88. The van der Waals surface area contributed by atoms with E-state index >= 15 is 0 Å². The zero-order valence-corrected chi connectivity index (χ0v) is 11.6. The molecule has 1 unspecified atom stereocenters. The smallest absolute Gasteiger partial charge is 0.0465 e. The maximum atomic E-state index is 5.19. The van der Waals surface area contributed by atoms with E-state index < -0.39 is 0 Å². The summed E-state index contributed by atoms with van der Waals surface area (Å²) in [6.07, 6.45) is 9.53. The van der Waals surface area contributed by atoms with Crippen LogP contribution in [-0.2, 0) is 11.3 Å². The van der Waals surface area contributed by atoms with E-state index in [2.05, 4.69) is 34.0 Å². The Morgan fingerprint density at radius 3 is 2.83 bits per heavy atom. The third kappa shape index (κ3) is 4.46. The summed E-state index contributed by atoms with van der Waals surface area (Å²) in [5, 5.41) is 0. The van der Waals surface area contributed by atoms with Gasteiger partial charge in [-0.1, -0.05) is 0 Å². The van der Waals surface area contributed by atoms with Crippen LogP contribution >= 0.6 is 0 Å². The van der Waals surface area contributed by atoms with Gasteiger partial charge in [-0.2, -0.15) is 0 Å². The lowest BCUT2D eigenvalue weighted by atomic mass is 9.95. The average molecular weight is 250 g/mol. The van der Waals surface area contributed by atoms with Crippen LogP contribution in [0.3, 0.4) is 0 Å². The summed E-state index contributed by atoms with van der Waals surface area (Å²) in [4.78, 5) is 2.63. The Labute approximate surface area is 111 Å². The molecule has 0 saturated carbocycles. The summed E-state index contributed by atoms with van der Waals surface area (Å²) in [7, 11) is 1.80. The number of nitrogens with zero attached hydrogens (tertiary/aromatic N) is 2. The highest BCUT2D eigenvalue weighted by Gasteiger charge is 2.18. The van der Waals surface area contributed by atoms with Crippen molar-refractivity contribution in [2.75, 3.05) is 33.4 Å². The summed E-state index contributed by atoms with van der Waals surface area (Å²) in [6.45, 7) is 5.86. The number of rotatable bonds is 7. The predicted molar refractivity (Wildman–Crippen MR) is 74.7 cm³/mol. The fourth-order valence-electron chi connectivity index (χ4n) is 2.87. The Kier molecular flexibility index (Phi) is 5.75. The van der Waals surface area contributed by atoms with Crippen LogP contribution in [0.4, 0.5) is 0 Å². The maximum Gasteiger partial charge on any atom is 0.0465 e. The van der Waals surface area contributed by atoms with Crippen molar-refractivity contribution < 1.29 is 4.74 Å². The summed E-state index contributed by atoms with van der Waals surface area (Å²) < 4.78 is 7.46. The summed E-state index contributed by atoms with van der Waals surface area (Å²) in [5.41, 5.74) is 0. The standard InChI is InChI=1S/C15H26N2O/c1-18-13-7-15-6-4-10-17(14-15)12-5-11-16-8-2-3-9-16/h2-3,8-9,15H,4-7,10-14H2,1H3. The fourth-order valence-corrected chi connectivity index (χ4v) is 2.87. The molecule has 0 amide bonds. The van der Waals surface area contributed by atoms with E-state index in [1.165, 1.54) is 45.3 Å². The minimum absolute atomic E-state index is 0.852. The molecule has 0 radical (unpaired) electrons. The molecule has 1 aliphatic rings. The first-order valence-electron chi connectivity index (χ1n) is 7.20. The third-order valence-electron chi connectivity index (χ3n) is 3.89. The molecule has 0 aromatic carbocycles. The highest BCUT2D eigenvalue weighted by molar-refractivity contribution is 4.90. The zero-order valence-electron chi connectivity index (χ0n) is 11.6. The summed E-state index contributed by atoms with van der Waals surface area (Å²) >= 11 is 0. The number of methoxy groups -OCH3 is 1. The van der Waals surface area contributed by atoms with Gasteiger partial charge in [0, 0.05) is 39.2 Å². The molecule has 0 spiro atoms. The van der Waals surface area contributed by atoms with Crippen LogP contribution in [0.5, 0.6) is 0 Å². The van der Waals surface area contributed by atoms with E-state index in [0.29, 0.717) is 0 Å². The second-order valence-electron chi connectivity index (χ2n) is 5.36. The Morgan fingerprint density at radius 2 is 2.06 bits per heavy atom. The van der Waals surface area contributed by atoms with Gasteiger partial charge < -0.3 is 14.2 Å². The Hall–Kier alpha value is -0.800. The summed E-state index contributed by atoms with van der Waals surface area (Å²) in [5.74, 6) is 0.852. The van der Waals surface area contributed by atoms with Gasteiger partial charge in [-0.15, -0.1) is 0 Å². The van der Waals surface area contributed by atoms with Gasteiger partial charge >= 0.3 is 0 Å². The topological polar surface area (TPSA) is 17.4 Å². The average Bonchev–Trinajstić information content (AvgIpc) is 2.90. The second kappa shape index (κ2) is 7.59. The minimum atomic E-state index is 0.852. The summed E-state index contributed by atoms with van der Waals surface area (Å²) in [6, 6.07) is 4.20. The van der Waals surface area contributed by atoms with Gasteiger partial charge in [-0.05, 0) is 56.8 Å². The van der Waals surface area contributed by atoms with E-state index in [4.69, 9.17) is 4.74 Å². The lowest BCUT2D eigenvalue weighted by Crippen LogP contribution is -2.36. The van der Waals surface area contributed by atoms with Crippen molar-refractivity contribution in [1.82, 2.24) is 9.47 Å². The Bertz CT molecular complexity index is 310. The molecular formula is C15H26N2O. The van der Waals surface area contributed by atoms with Crippen LogP contribution < -0.4 is 0 Å². The molecule has 1 aliphatic heterocycles. The molecule has 0 N–H and O–H groups in total. The Balaban J connectivity index is 1.63. The SMILES string of the molecule is COCCC1CCCN(CCCn2cccc2)C1. The van der Waals surface area contributed by atoms with Crippen molar-refractivity contribution in [2.45, 2.75) is 32.2 Å². The van der Waals surface area contributed by atoms with Crippen LogP contribution in [-0.4, -0.2) is 42.8 Å².